The normalized spacial score (nSPS) is 12.8. The molecule has 0 aliphatic carbocycles. The molecule has 2 aromatic carbocycles. The fourth-order valence-electron chi connectivity index (χ4n) is 2.56. The summed E-state index contributed by atoms with van der Waals surface area (Å²) >= 11 is 6.01. The van der Waals surface area contributed by atoms with Gasteiger partial charge in [-0.3, -0.25) is 10.1 Å². The van der Waals surface area contributed by atoms with E-state index in [9.17, 15) is 18.5 Å². The number of benzene rings is 2. The Morgan fingerprint density at radius 1 is 1.27 bits per heavy atom. The fraction of sp³-hybridized carbons (Fsp3) is 0.294. The number of ether oxygens (including phenoxy) is 1. The van der Waals surface area contributed by atoms with Crippen molar-refractivity contribution in [1.82, 2.24) is 4.31 Å². The minimum absolute atomic E-state index is 0.0242. The third kappa shape index (κ3) is 3.67. The van der Waals surface area contributed by atoms with E-state index in [4.69, 9.17) is 16.3 Å². The van der Waals surface area contributed by atoms with Crippen molar-refractivity contribution >= 4 is 27.3 Å². The molecule has 0 aliphatic heterocycles. The number of nitrogens with zero attached hydrogens (tertiary/aromatic N) is 2. The lowest BCUT2D eigenvalue weighted by atomic mass is 10.1. The summed E-state index contributed by atoms with van der Waals surface area (Å²) in [5, 5.41) is 11.2. The number of sulfonamides is 1. The summed E-state index contributed by atoms with van der Waals surface area (Å²) in [6, 6.07) is 8.76. The van der Waals surface area contributed by atoms with Crippen molar-refractivity contribution in [2.24, 2.45) is 0 Å². The van der Waals surface area contributed by atoms with Crippen molar-refractivity contribution < 1.29 is 18.1 Å². The maximum absolute atomic E-state index is 13.0. The molecule has 0 fully saturated rings. The topological polar surface area (TPSA) is 89.8 Å². The molecule has 9 heteroatoms. The number of halogens is 1. The van der Waals surface area contributed by atoms with Crippen molar-refractivity contribution in [2.45, 2.75) is 24.8 Å². The van der Waals surface area contributed by atoms with Crippen LogP contribution in [0.15, 0.2) is 41.3 Å². The molecular weight excluding hydrogens is 380 g/mol. The zero-order valence-electron chi connectivity index (χ0n) is 14.8. The summed E-state index contributed by atoms with van der Waals surface area (Å²) in [5.41, 5.74) is 0.555. The summed E-state index contributed by atoms with van der Waals surface area (Å²) in [7, 11) is -1.11. The lowest BCUT2D eigenvalue weighted by Gasteiger charge is -2.26. The summed E-state index contributed by atoms with van der Waals surface area (Å²) in [4.78, 5) is 10.3. The van der Waals surface area contributed by atoms with Gasteiger partial charge in [-0.25, -0.2) is 8.42 Å². The molecule has 0 saturated heterocycles. The minimum atomic E-state index is -4.02. The second-order valence-electron chi connectivity index (χ2n) is 5.75. The number of nitro groups is 1. The number of methoxy groups -OCH3 is 1. The largest absolute Gasteiger partial charge is 0.496 e. The third-order valence-electron chi connectivity index (χ3n) is 4.30. The molecule has 0 amide bonds. The van der Waals surface area contributed by atoms with Crippen molar-refractivity contribution in [2.75, 3.05) is 14.2 Å². The van der Waals surface area contributed by atoms with Crippen molar-refractivity contribution in [3.63, 3.8) is 0 Å². The average Bonchev–Trinajstić information content (AvgIpc) is 2.61. The highest BCUT2D eigenvalue weighted by molar-refractivity contribution is 7.89. The maximum Gasteiger partial charge on any atom is 0.275 e. The van der Waals surface area contributed by atoms with Crippen molar-refractivity contribution in [3.05, 3.63) is 62.7 Å². The van der Waals surface area contributed by atoms with Crippen LogP contribution in [0.1, 0.15) is 24.1 Å². The van der Waals surface area contributed by atoms with Crippen molar-refractivity contribution in [3.8, 4) is 5.75 Å². The van der Waals surface area contributed by atoms with Gasteiger partial charge in [0.1, 0.15) is 5.75 Å². The van der Waals surface area contributed by atoms with Crippen LogP contribution < -0.4 is 4.74 Å². The molecule has 0 heterocycles. The Kier molecular flexibility index (Phi) is 5.90. The predicted octanol–water partition coefficient (Wildman–Crippen LogP) is 3.95. The highest BCUT2D eigenvalue weighted by Gasteiger charge is 2.30. The van der Waals surface area contributed by atoms with Crippen LogP contribution in [0, 0.1) is 17.0 Å². The molecule has 2 rings (SSSR count). The van der Waals surface area contributed by atoms with Gasteiger partial charge >= 0.3 is 0 Å². The number of hydrogen-bond acceptors (Lipinski definition) is 5. The zero-order chi connectivity index (χ0) is 19.6. The van der Waals surface area contributed by atoms with Gasteiger partial charge in [0.25, 0.3) is 5.69 Å². The van der Waals surface area contributed by atoms with E-state index in [1.807, 2.05) is 0 Å². The van der Waals surface area contributed by atoms with Gasteiger partial charge in [0.05, 0.1) is 28.0 Å². The molecule has 0 aliphatic rings. The van der Waals surface area contributed by atoms with E-state index in [2.05, 4.69) is 0 Å². The van der Waals surface area contributed by atoms with Crippen LogP contribution in [0.25, 0.3) is 0 Å². The molecule has 0 radical (unpaired) electrons. The van der Waals surface area contributed by atoms with Gasteiger partial charge < -0.3 is 4.74 Å². The summed E-state index contributed by atoms with van der Waals surface area (Å²) < 4.78 is 32.4. The second-order valence-corrected chi connectivity index (χ2v) is 8.15. The van der Waals surface area contributed by atoms with Crippen LogP contribution in [0.2, 0.25) is 5.02 Å². The summed E-state index contributed by atoms with van der Waals surface area (Å²) in [6.45, 7) is 3.18. The molecule has 7 nitrogen and oxygen atoms in total. The number of hydrogen-bond donors (Lipinski definition) is 0. The molecule has 1 atom stereocenters. The molecule has 26 heavy (non-hydrogen) atoms. The second kappa shape index (κ2) is 7.61. The first kappa shape index (κ1) is 20.2. The highest BCUT2D eigenvalue weighted by atomic mass is 35.5. The molecule has 0 spiro atoms. The van der Waals surface area contributed by atoms with Gasteiger partial charge in [-0.05, 0) is 26.0 Å². The maximum atomic E-state index is 13.0. The number of rotatable bonds is 6. The predicted molar refractivity (Wildman–Crippen MR) is 99.2 cm³/mol. The Bertz CT molecular complexity index is 946. The molecule has 1 unspecified atom stereocenters. The SMILES string of the molecule is COc1ccccc1C(C)N(C)S(=O)(=O)c1cc(Cl)c(C)c([N+](=O)[O-])c1. The number of nitro benzene ring substituents is 1. The summed E-state index contributed by atoms with van der Waals surface area (Å²) in [5.74, 6) is 0.551. The minimum Gasteiger partial charge on any atom is -0.496 e. The van der Waals surface area contributed by atoms with Crippen molar-refractivity contribution in [1.29, 1.82) is 0 Å². The van der Waals surface area contributed by atoms with E-state index in [0.717, 1.165) is 10.4 Å². The van der Waals surface area contributed by atoms with Gasteiger partial charge in [0.2, 0.25) is 10.0 Å². The average molecular weight is 399 g/mol. The Labute approximate surface area is 157 Å². The van der Waals surface area contributed by atoms with Gasteiger partial charge in [0.15, 0.2) is 0 Å². The van der Waals surface area contributed by atoms with E-state index < -0.39 is 21.0 Å². The Morgan fingerprint density at radius 3 is 2.46 bits per heavy atom. The molecular formula is C17H19ClN2O5S. The van der Waals surface area contributed by atoms with Gasteiger partial charge in [-0.2, -0.15) is 4.31 Å². The van der Waals surface area contributed by atoms with Crippen LogP contribution in [0.4, 0.5) is 5.69 Å². The van der Waals surface area contributed by atoms with E-state index in [1.165, 1.54) is 27.1 Å². The Hall–Kier alpha value is -2.16. The lowest BCUT2D eigenvalue weighted by Crippen LogP contribution is -2.30. The van der Waals surface area contributed by atoms with Crippen LogP contribution in [0.3, 0.4) is 0 Å². The van der Waals surface area contributed by atoms with E-state index in [1.54, 1.807) is 31.2 Å². The molecule has 0 N–H and O–H groups in total. The zero-order valence-corrected chi connectivity index (χ0v) is 16.3. The monoisotopic (exact) mass is 398 g/mol. The number of para-hydroxylation sites is 1. The van der Waals surface area contributed by atoms with Gasteiger partial charge in [-0.1, -0.05) is 29.8 Å². The molecule has 140 valence electrons. The van der Waals surface area contributed by atoms with Crippen LogP contribution in [-0.2, 0) is 10.0 Å². The highest BCUT2D eigenvalue weighted by Crippen LogP contribution is 2.35. The van der Waals surface area contributed by atoms with E-state index in [-0.39, 0.29) is 21.2 Å². The van der Waals surface area contributed by atoms with E-state index in [0.29, 0.717) is 11.3 Å². The Balaban J connectivity index is 2.51. The van der Waals surface area contributed by atoms with E-state index >= 15 is 0 Å². The van der Waals surface area contributed by atoms with Crippen LogP contribution in [-0.4, -0.2) is 31.8 Å². The Morgan fingerprint density at radius 2 is 1.88 bits per heavy atom. The third-order valence-corrected chi connectivity index (χ3v) is 6.60. The molecule has 0 aromatic heterocycles. The first-order chi connectivity index (χ1) is 12.1. The van der Waals surface area contributed by atoms with Gasteiger partial charge in [0, 0.05) is 24.2 Å². The smallest absolute Gasteiger partial charge is 0.275 e. The first-order valence-corrected chi connectivity index (χ1v) is 9.48. The first-order valence-electron chi connectivity index (χ1n) is 7.66. The van der Waals surface area contributed by atoms with Gasteiger partial charge in [-0.15, -0.1) is 0 Å². The quantitative estimate of drug-likeness (QED) is 0.542. The van der Waals surface area contributed by atoms with Crippen LogP contribution >= 0.6 is 11.6 Å². The summed E-state index contributed by atoms with van der Waals surface area (Å²) in [6.07, 6.45) is 0. The van der Waals surface area contributed by atoms with Crippen LogP contribution in [0.5, 0.6) is 5.75 Å². The fourth-order valence-corrected chi connectivity index (χ4v) is 4.23. The molecule has 0 saturated carbocycles. The standard InChI is InChI=1S/C17H19ClN2O5S/c1-11-15(18)9-13(10-16(11)20(21)22)26(23,24)19(3)12(2)14-7-5-6-8-17(14)25-4/h5-10,12H,1-4H3. The molecule has 2 aromatic rings. The lowest BCUT2D eigenvalue weighted by molar-refractivity contribution is -0.385. The molecule has 0 bridgehead atoms.